The number of allylic oxidation sites excluding steroid dienone is 1. The average molecular weight is 555 g/mol. The molecule has 1 aromatic rings. The SMILES string of the molecule is CCc1cc(C(C)(C)C)c(O)c2c1[C@@H](C)[C@@]1(C)C(=C2O)C(=O)[C@@]2(O)C(O)=C(C(C)=O)C(=O)C(C(C)C)[C@@]2(C)[C@@H]1O. The average Bonchev–Trinajstić information content (AvgIpc) is 2.83. The summed E-state index contributed by atoms with van der Waals surface area (Å²) in [6.45, 7) is 16.9. The lowest BCUT2D eigenvalue weighted by Gasteiger charge is -2.63. The van der Waals surface area contributed by atoms with E-state index in [1.165, 1.54) is 6.92 Å². The van der Waals surface area contributed by atoms with Crippen LogP contribution >= 0.6 is 0 Å². The third-order valence-electron chi connectivity index (χ3n) is 10.2. The molecule has 1 saturated carbocycles. The molecule has 0 heterocycles. The second kappa shape index (κ2) is 8.76. The zero-order valence-corrected chi connectivity index (χ0v) is 25.1. The highest BCUT2D eigenvalue weighted by Gasteiger charge is 2.77. The molecule has 0 saturated heterocycles. The molecule has 0 bridgehead atoms. The molecule has 0 amide bonds. The first-order valence-electron chi connectivity index (χ1n) is 14.0. The van der Waals surface area contributed by atoms with Crippen LogP contribution in [0.2, 0.25) is 0 Å². The van der Waals surface area contributed by atoms with Gasteiger partial charge in [-0.05, 0) is 41.7 Å². The van der Waals surface area contributed by atoms with E-state index in [4.69, 9.17) is 0 Å². The number of aromatic hydroxyl groups is 1. The van der Waals surface area contributed by atoms with Crippen LogP contribution in [0.15, 0.2) is 23.0 Å². The van der Waals surface area contributed by atoms with E-state index in [1.54, 1.807) is 27.7 Å². The number of rotatable bonds is 3. The molecule has 8 heteroatoms. The maximum Gasteiger partial charge on any atom is 0.203 e. The fourth-order valence-electron chi connectivity index (χ4n) is 8.03. The zero-order chi connectivity index (χ0) is 30.7. The van der Waals surface area contributed by atoms with Gasteiger partial charge >= 0.3 is 0 Å². The molecule has 0 aromatic heterocycles. The fraction of sp³-hybridized carbons (Fsp3) is 0.594. The monoisotopic (exact) mass is 554 g/mol. The van der Waals surface area contributed by atoms with Crippen LogP contribution in [-0.2, 0) is 26.2 Å². The van der Waals surface area contributed by atoms with Gasteiger partial charge in [-0.1, -0.05) is 68.4 Å². The lowest BCUT2D eigenvalue weighted by Crippen LogP contribution is -2.75. The standard InChI is InChI=1S/C32H42O8/c1-11-16-12-17(29(6,7)8)23(34)20-18(16)14(4)30(9)22(25(20)36)27(38)32(40)26(37)19(15(5)33)24(35)21(13(2)3)31(32,10)28(30)39/h12-14,21,28,34,36-37,39-40H,11H2,1-10H3/t14-,21?,28-,30+,31+,32+/m1/s1. The van der Waals surface area contributed by atoms with Gasteiger partial charge in [-0.3, -0.25) is 14.4 Å². The van der Waals surface area contributed by atoms with Gasteiger partial charge in [0.2, 0.25) is 5.78 Å². The van der Waals surface area contributed by atoms with Crippen LogP contribution in [0.3, 0.4) is 0 Å². The van der Waals surface area contributed by atoms with Gasteiger partial charge in [-0.25, -0.2) is 0 Å². The molecule has 40 heavy (non-hydrogen) atoms. The molecule has 0 radical (unpaired) electrons. The number of carbonyl (C=O) groups is 3. The molecule has 1 unspecified atom stereocenters. The first kappa shape index (κ1) is 30.0. The maximum absolute atomic E-state index is 14.6. The van der Waals surface area contributed by atoms with Crippen molar-refractivity contribution in [1.82, 2.24) is 0 Å². The molecule has 6 atom stereocenters. The van der Waals surface area contributed by atoms with Crippen LogP contribution in [0.4, 0.5) is 0 Å². The summed E-state index contributed by atoms with van der Waals surface area (Å²) >= 11 is 0. The first-order chi connectivity index (χ1) is 18.2. The van der Waals surface area contributed by atoms with Crippen molar-refractivity contribution in [2.45, 2.75) is 98.7 Å². The Kier molecular flexibility index (Phi) is 6.57. The molecule has 218 valence electrons. The number of hydrogen-bond donors (Lipinski definition) is 5. The number of benzene rings is 1. The smallest absolute Gasteiger partial charge is 0.203 e. The number of aryl methyl sites for hydroxylation is 1. The fourth-order valence-corrected chi connectivity index (χ4v) is 8.03. The Labute approximate surface area is 235 Å². The van der Waals surface area contributed by atoms with Crippen molar-refractivity contribution in [3.63, 3.8) is 0 Å². The number of phenolic OH excluding ortho intramolecular Hbond substituents is 1. The summed E-state index contributed by atoms with van der Waals surface area (Å²) in [5.41, 5.74) is -5.92. The highest BCUT2D eigenvalue weighted by molar-refractivity contribution is 6.24. The second-order valence-electron chi connectivity index (χ2n) is 13.6. The van der Waals surface area contributed by atoms with E-state index >= 15 is 0 Å². The van der Waals surface area contributed by atoms with Crippen LogP contribution < -0.4 is 0 Å². The molecule has 8 nitrogen and oxygen atoms in total. The van der Waals surface area contributed by atoms with Gasteiger partial charge in [0.25, 0.3) is 0 Å². The lowest BCUT2D eigenvalue weighted by atomic mass is 9.40. The summed E-state index contributed by atoms with van der Waals surface area (Å²) in [7, 11) is 0. The predicted octanol–water partition coefficient (Wildman–Crippen LogP) is 4.58. The normalized spacial score (nSPS) is 34.2. The van der Waals surface area contributed by atoms with Crippen molar-refractivity contribution >= 4 is 23.1 Å². The minimum atomic E-state index is -2.89. The van der Waals surface area contributed by atoms with Crippen molar-refractivity contribution in [2.75, 3.05) is 0 Å². The molecule has 1 aromatic carbocycles. The number of ketones is 3. The van der Waals surface area contributed by atoms with Gasteiger partial charge in [-0.2, -0.15) is 0 Å². The molecule has 4 rings (SSSR count). The first-order valence-corrected chi connectivity index (χ1v) is 14.0. The maximum atomic E-state index is 14.6. The second-order valence-corrected chi connectivity index (χ2v) is 13.6. The number of phenols is 1. The third-order valence-corrected chi connectivity index (χ3v) is 10.2. The number of carbonyl (C=O) groups excluding carboxylic acids is 3. The Hall–Kier alpha value is -2.97. The number of aliphatic hydroxyl groups is 4. The van der Waals surface area contributed by atoms with E-state index in [0.29, 0.717) is 17.5 Å². The number of hydrogen-bond acceptors (Lipinski definition) is 8. The molecule has 1 fully saturated rings. The molecular weight excluding hydrogens is 512 g/mol. The molecule has 5 N–H and O–H groups in total. The Bertz CT molecular complexity index is 1420. The quantitative estimate of drug-likeness (QED) is 0.341. The molecule has 0 aliphatic heterocycles. The summed E-state index contributed by atoms with van der Waals surface area (Å²) in [6.07, 6.45) is -1.09. The van der Waals surface area contributed by atoms with Crippen LogP contribution in [0.1, 0.15) is 97.4 Å². The van der Waals surface area contributed by atoms with E-state index < -0.39 is 80.1 Å². The van der Waals surface area contributed by atoms with Crippen molar-refractivity contribution in [3.05, 3.63) is 45.2 Å². The minimum absolute atomic E-state index is 0.0551. The van der Waals surface area contributed by atoms with Crippen LogP contribution in [0.25, 0.3) is 5.76 Å². The van der Waals surface area contributed by atoms with Crippen molar-refractivity contribution in [1.29, 1.82) is 0 Å². The topological polar surface area (TPSA) is 152 Å². The minimum Gasteiger partial charge on any atom is -0.508 e. The molecular formula is C32H42O8. The largest absolute Gasteiger partial charge is 0.508 e. The summed E-state index contributed by atoms with van der Waals surface area (Å²) in [5, 5.41) is 59.2. The zero-order valence-electron chi connectivity index (χ0n) is 25.1. The summed E-state index contributed by atoms with van der Waals surface area (Å²) in [4.78, 5) is 40.8. The Morgan fingerprint density at radius 1 is 1.10 bits per heavy atom. The summed E-state index contributed by atoms with van der Waals surface area (Å²) < 4.78 is 0. The van der Waals surface area contributed by atoms with Crippen LogP contribution in [0, 0.1) is 22.7 Å². The third kappa shape index (κ3) is 3.23. The molecule has 3 aliphatic carbocycles. The van der Waals surface area contributed by atoms with E-state index in [0.717, 1.165) is 12.5 Å². The van der Waals surface area contributed by atoms with Gasteiger partial charge in [0.05, 0.1) is 17.2 Å². The molecule has 0 spiro atoms. The predicted molar refractivity (Wildman–Crippen MR) is 150 cm³/mol. The van der Waals surface area contributed by atoms with E-state index in [2.05, 4.69) is 0 Å². The van der Waals surface area contributed by atoms with Crippen molar-refractivity contribution < 1.29 is 39.9 Å². The Morgan fingerprint density at radius 2 is 1.65 bits per heavy atom. The van der Waals surface area contributed by atoms with Gasteiger partial charge in [0, 0.05) is 22.3 Å². The Morgan fingerprint density at radius 3 is 2.10 bits per heavy atom. The van der Waals surface area contributed by atoms with E-state index in [-0.39, 0.29) is 16.9 Å². The number of Topliss-reactive ketones (excluding diaryl/α,β-unsaturated/α-hetero) is 3. The van der Waals surface area contributed by atoms with Gasteiger partial charge in [-0.15, -0.1) is 0 Å². The van der Waals surface area contributed by atoms with Crippen LogP contribution in [-0.4, -0.2) is 54.6 Å². The van der Waals surface area contributed by atoms with Gasteiger partial charge in [0.15, 0.2) is 17.2 Å². The number of fused-ring (bicyclic) bond motifs is 3. The van der Waals surface area contributed by atoms with Gasteiger partial charge < -0.3 is 25.5 Å². The summed E-state index contributed by atoms with van der Waals surface area (Å²) in [5.74, 6) is -6.98. The Balaban J connectivity index is 2.22. The highest BCUT2D eigenvalue weighted by atomic mass is 16.4. The van der Waals surface area contributed by atoms with Crippen molar-refractivity contribution in [2.24, 2.45) is 22.7 Å². The van der Waals surface area contributed by atoms with Gasteiger partial charge in [0.1, 0.15) is 22.8 Å². The van der Waals surface area contributed by atoms with Crippen LogP contribution in [0.5, 0.6) is 5.75 Å². The lowest BCUT2D eigenvalue weighted by molar-refractivity contribution is -0.215. The molecule has 3 aliphatic rings. The number of aliphatic hydroxyl groups excluding tert-OH is 3. The van der Waals surface area contributed by atoms with E-state index in [9.17, 15) is 39.9 Å². The van der Waals surface area contributed by atoms with Crippen molar-refractivity contribution in [3.8, 4) is 5.75 Å². The van der Waals surface area contributed by atoms with E-state index in [1.807, 2.05) is 33.8 Å². The summed E-state index contributed by atoms with van der Waals surface area (Å²) in [6, 6.07) is 1.89. The highest BCUT2D eigenvalue weighted by Crippen LogP contribution is 2.68.